The molecule has 0 aliphatic rings. The van der Waals surface area contributed by atoms with Crippen LogP contribution in [0.2, 0.25) is 0 Å². The second-order valence-corrected chi connectivity index (χ2v) is 5.57. The van der Waals surface area contributed by atoms with Gasteiger partial charge in [0, 0.05) is 18.2 Å². The number of benzene rings is 2. The van der Waals surface area contributed by atoms with Crippen molar-refractivity contribution in [3.05, 3.63) is 60.2 Å². The van der Waals surface area contributed by atoms with Gasteiger partial charge in [0.2, 0.25) is 5.91 Å². The Bertz CT molecular complexity index is 617. The Balaban J connectivity index is 0.00000288. The van der Waals surface area contributed by atoms with Crippen molar-refractivity contribution in [1.29, 1.82) is 0 Å². The third kappa shape index (κ3) is 5.25. The maximum Gasteiger partial charge on any atom is 0.231 e. The van der Waals surface area contributed by atoms with Crippen LogP contribution in [-0.4, -0.2) is 26.6 Å². The van der Waals surface area contributed by atoms with Gasteiger partial charge in [-0.25, -0.2) is 0 Å². The van der Waals surface area contributed by atoms with E-state index >= 15 is 0 Å². The van der Waals surface area contributed by atoms with E-state index in [1.165, 1.54) is 0 Å². The van der Waals surface area contributed by atoms with Crippen molar-refractivity contribution in [2.45, 2.75) is 13.5 Å². The molecule has 4 nitrogen and oxygen atoms in total. The molecule has 1 N–H and O–H groups in total. The molecule has 0 saturated carbocycles. The van der Waals surface area contributed by atoms with Crippen molar-refractivity contribution in [3.63, 3.8) is 0 Å². The number of carbonyl (C=O) groups is 1. The van der Waals surface area contributed by atoms with Crippen molar-refractivity contribution in [2.75, 3.05) is 25.6 Å². The van der Waals surface area contributed by atoms with Gasteiger partial charge in [0.05, 0.1) is 13.7 Å². The fourth-order valence-electron chi connectivity index (χ4n) is 2.48. The van der Waals surface area contributed by atoms with E-state index in [4.69, 9.17) is 4.74 Å². The zero-order valence-corrected chi connectivity index (χ0v) is 15.2. The minimum absolute atomic E-state index is 0. The minimum atomic E-state index is -0.0918. The maximum atomic E-state index is 12.8. The van der Waals surface area contributed by atoms with Crippen molar-refractivity contribution in [3.8, 4) is 5.75 Å². The number of nitrogens with one attached hydrogen (secondary N) is 1. The molecule has 0 heterocycles. The largest absolute Gasteiger partial charge is 0.497 e. The number of amides is 1. The highest BCUT2D eigenvalue weighted by Crippen LogP contribution is 2.23. The van der Waals surface area contributed by atoms with E-state index in [1.807, 2.05) is 73.5 Å². The average Bonchev–Trinajstić information content (AvgIpc) is 2.60. The fourth-order valence-corrected chi connectivity index (χ4v) is 2.48. The highest BCUT2D eigenvalue weighted by molar-refractivity contribution is 5.95. The lowest BCUT2D eigenvalue weighted by molar-refractivity contribution is -0.121. The summed E-state index contributed by atoms with van der Waals surface area (Å²) in [5.74, 6) is 0.795. The molecule has 130 valence electrons. The Hall–Kier alpha value is -2.04. The van der Waals surface area contributed by atoms with Gasteiger partial charge in [-0.15, -0.1) is 12.4 Å². The van der Waals surface area contributed by atoms with Crippen molar-refractivity contribution in [1.82, 2.24) is 5.32 Å². The molecule has 1 unspecified atom stereocenters. The van der Waals surface area contributed by atoms with Crippen LogP contribution in [0, 0.1) is 5.92 Å². The van der Waals surface area contributed by atoms with Gasteiger partial charge >= 0.3 is 0 Å². The summed E-state index contributed by atoms with van der Waals surface area (Å²) in [5, 5.41) is 3.07. The number of rotatable bonds is 7. The molecule has 0 aromatic heterocycles. The summed E-state index contributed by atoms with van der Waals surface area (Å²) in [6, 6.07) is 17.6. The molecular formula is C19H25ClN2O2. The molecule has 0 saturated heterocycles. The summed E-state index contributed by atoms with van der Waals surface area (Å²) in [5.41, 5.74) is 1.98. The molecule has 2 aromatic carbocycles. The third-order valence-corrected chi connectivity index (χ3v) is 3.77. The summed E-state index contributed by atoms with van der Waals surface area (Å²) in [6.07, 6.45) is 0. The van der Waals surface area contributed by atoms with Crippen LogP contribution in [0.4, 0.5) is 5.69 Å². The van der Waals surface area contributed by atoms with Gasteiger partial charge in [0.25, 0.3) is 0 Å². The molecule has 5 heteroatoms. The van der Waals surface area contributed by atoms with Gasteiger partial charge in [0.1, 0.15) is 5.75 Å². The van der Waals surface area contributed by atoms with Crippen LogP contribution < -0.4 is 15.0 Å². The molecule has 0 aliphatic carbocycles. The quantitative estimate of drug-likeness (QED) is 0.832. The van der Waals surface area contributed by atoms with Gasteiger partial charge in [-0.2, -0.15) is 0 Å². The number of anilines is 1. The van der Waals surface area contributed by atoms with Crippen LogP contribution in [0.25, 0.3) is 0 Å². The summed E-state index contributed by atoms with van der Waals surface area (Å²) < 4.78 is 5.20. The van der Waals surface area contributed by atoms with E-state index in [1.54, 1.807) is 7.11 Å². The third-order valence-electron chi connectivity index (χ3n) is 3.77. The Labute approximate surface area is 150 Å². The number of methoxy groups -OCH3 is 1. The highest BCUT2D eigenvalue weighted by Gasteiger charge is 2.21. The predicted molar refractivity (Wildman–Crippen MR) is 101 cm³/mol. The normalized spacial score (nSPS) is 11.3. The van der Waals surface area contributed by atoms with Gasteiger partial charge < -0.3 is 15.0 Å². The van der Waals surface area contributed by atoms with Crippen LogP contribution in [0.5, 0.6) is 5.75 Å². The Morgan fingerprint density at radius 2 is 1.75 bits per heavy atom. The fraction of sp³-hybridized carbons (Fsp3) is 0.316. The number of hydrogen-bond donors (Lipinski definition) is 1. The smallest absolute Gasteiger partial charge is 0.231 e. The number of halogens is 1. The maximum absolute atomic E-state index is 12.8. The molecule has 2 aromatic rings. The van der Waals surface area contributed by atoms with E-state index in [9.17, 15) is 4.79 Å². The molecule has 24 heavy (non-hydrogen) atoms. The van der Waals surface area contributed by atoms with Gasteiger partial charge in [0.15, 0.2) is 0 Å². The lowest BCUT2D eigenvalue weighted by Gasteiger charge is -2.26. The van der Waals surface area contributed by atoms with Crippen LogP contribution in [0.1, 0.15) is 12.5 Å². The molecule has 1 amide bonds. The first-order valence-electron chi connectivity index (χ1n) is 7.79. The molecule has 0 spiro atoms. The lowest BCUT2D eigenvalue weighted by atomic mass is 10.1. The van der Waals surface area contributed by atoms with Gasteiger partial charge in [-0.3, -0.25) is 4.79 Å². The van der Waals surface area contributed by atoms with Crippen LogP contribution in [0.15, 0.2) is 54.6 Å². The Kier molecular flexibility index (Phi) is 8.30. The first-order chi connectivity index (χ1) is 11.2. The van der Waals surface area contributed by atoms with Crippen molar-refractivity contribution >= 4 is 24.0 Å². The zero-order chi connectivity index (χ0) is 16.7. The molecule has 0 bridgehead atoms. The lowest BCUT2D eigenvalue weighted by Crippen LogP contribution is -2.38. The predicted octanol–water partition coefficient (Wildman–Crippen LogP) is 3.51. The van der Waals surface area contributed by atoms with Crippen LogP contribution in [0.3, 0.4) is 0 Å². The first kappa shape index (κ1) is 20.0. The van der Waals surface area contributed by atoms with Crippen molar-refractivity contribution in [2.24, 2.45) is 5.92 Å². The summed E-state index contributed by atoms with van der Waals surface area (Å²) in [6.45, 7) is 3.15. The minimum Gasteiger partial charge on any atom is -0.497 e. The summed E-state index contributed by atoms with van der Waals surface area (Å²) in [7, 11) is 3.50. The summed E-state index contributed by atoms with van der Waals surface area (Å²) in [4.78, 5) is 14.7. The number of carbonyl (C=O) groups excluding carboxylic acids is 1. The summed E-state index contributed by atoms with van der Waals surface area (Å²) >= 11 is 0. The number of ether oxygens (including phenoxy) is 1. The SMILES string of the molecule is CNCC(C)C(=O)N(Cc1ccccc1)c1ccc(OC)cc1.Cl. The first-order valence-corrected chi connectivity index (χ1v) is 7.79. The van der Waals surface area contributed by atoms with Crippen LogP contribution in [-0.2, 0) is 11.3 Å². The average molecular weight is 349 g/mol. The number of nitrogens with zero attached hydrogens (tertiary/aromatic N) is 1. The molecular weight excluding hydrogens is 324 g/mol. The number of hydrogen-bond acceptors (Lipinski definition) is 3. The molecule has 2 rings (SSSR count). The van der Waals surface area contributed by atoms with Crippen molar-refractivity contribution < 1.29 is 9.53 Å². The Morgan fingerprint density at radius 3 is 2.29 bits per heavy atom. The van der Waals surface area contributed by atoms with E-state index in [-0.39, 0.29) is 24.2 Å². The molecule has 0 radical (unpaired) electrons. The molecule has 1 atom stereocenters. The monoisotopic (exact) mass is 348 g/mol. The van der Waals surface area contributed by atoms with E-state index in [0.717, 1.165) is 17.0 Å². The van der Waals surface area contributed by atoms with E-state index < -0.39 is 0 Å². The van der Waals surface area contributed by atoms with Crippen LogP contribution >= 0.6 is 12.4 Å². The highest BCUT2D eigenvalue weighted by atomic mass is 35.5. The topological polar surface area (TPSA) is 41.6 Å². The second kappa shape index (κ2) is 9.96. The van der Waals surface area contributed by atoms with E-state index in [2.05, 4.69) is 5.32 Å². The molecule has 0 fully saturated rings. The second-order valence-electron chi connectivity index (χ2n) is 5.57. The zero-order valence-electron chi connectivity index (χ0n) is 14.4. The van der Waals surface area contributed by atoms with Gasteiger partial charge in [-0.05, 0) is 36.9 Å². The van der Waals surface area contributed by atoms with E-state index in [0.29, 0.717) is 13.1 Å². The standard InChI is InChI=1S/C19H24N2O2.ClH/c1-15(13-20-2)19(22)21(14-16-7-5-4-6-8-16)17-9-11-18(23-3)12-10-17;/h4-12,15,20H,13-14H2,1-3H3;1H. The van der Waals surface area contributed by atoms with Gasteiger partial charge in [-0.1, -0.05) is 37.3 Å². The molecule has 0 aliphatic heterocycles. The Morgan fingerprint density at radius 1 is 1.12 bits per heavy atom.